The summed E-state index contributed by atoms with van der Waals surface area (Å²) in [6.07, 6.45) is -4.71. The number of halogens is 3. The maximum atomic E-state index is 13.0. The van der Waals surface area contributed by atoms with Crippen LogP contribution in [0.3, 0.4) is 0 Å². The molecule has 164 valence electrons. The molecule has 0 unspecified atom stereocenters. The summed E-state index contributed by atoms with van der Waals surface area (Å²) in [4.78, 5) is 4.22. The molecule has 0 spiro atoms. The van der Waals surface area contributed by atoms with E-state index in [1.807, 2.05) is 24.3 Å². The first-order valence-corrected chi connectivity index (χ1v) is 9.62. The first-order valence-electron chi connectivity index (χ1n) is 9.62. The van der Waals surface area contributed by atoms with Crippen LogP contribution in [-0.4, -0.2) is 32.2 Å². The van der Waals surface area contributed by atoms with Crippen molar-refractivity contribution < 1.29 is 27.2 Å². The third kappa shape index (κ3) is 3.71. The number of aromatic nitrogens is 5. The number of hydrogen-bond acceptors (Lipinski definition) is 7. The predicted octanol–water partition coefficient (Wildman–Crippen LogP) is 4.29. The maximum absolute atomic E-state index is 13.0. The molecular formula is C21H16F3N5O3. The maximum Gasteiger partial charge on any atom is 0.416 e. The van der Waals surface area contributed by atoms with Gasteiger partial charge < -0.3 is 14.0 Å². The Kier molecular flexibility index (Phi) is 4.89. The number of methoxy groups -OCH3 is 1. The molecule has 1 atom stereocenters. The number of fused-ring (bicyclic) bond motifs is 1. The molecule has 4 aromatic rings. The summed E-state index contributed by atoms with van der Waals surface area (Å²) in [6, 6.07) is 12.3. The van der Waals surface area contributed by atoms with Gasteiger partial charge in [-0.1, -0.05) is 34.6 Å². The summed E-state index contributed by atoms with van der Waals surface area (Å²) in [5, 5.41) is 12.1. The van der Waals surface area contributed by atoms with Crippen molar-refractivity contribution in [2.45, 2.75) is 25.4 Å². The van der Waals surface area contributed by atoms with Gasteiger partial charge in [0.15, 0.2) is 5.69 Å². The molecule has 0 bridgehead atoms. The third-order valence-electron chi connectivity index (χ3n) is 5.14. The summed E-state index contributed by atoms with van der Waals surface area (Å²) < 4.78 is 57.2. The first kappa shape index (κ1) is 20.2. The Balaban J connectivity index is 1.40. The molecule has 0 N–H and O–H groups in total. The van der Waals surface area contributed by atoms with Crippen LogP contribution in [0.1, 0.15) is 22.9 Å². The van der Waals surface area contributed by atoms with Crippen molar-refractivity contribution in [3.8, 4) is 28.7 Å². The van der Waals surface area contributed by atoms with E-state index in [2.05, 4.69) is 20.5 Å². The Bertz CT molecular complexity index is 1270. The molecule has 1 aliphatic rings. The van der Waals surface area contributed by atoms with Crippen LogP contribution < -0.4 is 4.74 Å². The summed E-state index contributed by atoms with van der Waals surface area (Å²) in [6.45, 7) is 0.621. The average Bonchev–Trinajstić information content (AvgIpc) is 3.45. The van der Waals surface area contributed by atoms with Crippen molar-refractivity contribution in [1.82, 2.24) is 25.1 Å². The Morgan fingerprint density at radius 1 is 1.12 bits per heavy atom. The third-order valence-corrected chi connectivity index (χ3v) is 5.14. The molecule has 5 rings (SSSR count). The van der Waals surface area contributed by atoms with Crippen molar-refractivity contribution in [2.24, 2.45) is 0 Å². The molecule has 11 heteroatoms. The summed E-state index contributed by atoms with van der Waals surface area (Å²) in [5.74, 6) is 0.810. The second-order valence-corrected chi connectivity index (χ2v) is 7.14. The van der Waals surface area contributed by atoms with Crippen molar-refractivity contribution in [3.63, 3.8) is 0 Å². The molecular weight excluding hydrogens is 427 g/mol. The van der Waals surface area contributed by atoms with E-state index in [1.165, 1.54) is 12.1 Å². The highest BCUT2D eigenvalue weighted by atomic mass is 19.4. The minimum Gasteiger partial charge on any atom is -0.497 e. The second-order valence-electron chi connectivity index (χ2n) is 7.14. The van der Waals surface area contributed by atoms with E-state index >= 15 is 0 Å². The van der Waals surface area contributed by atoms with Crippen LogP contribution in [0.25, 0.3) is 23.0 Å². The molecule has 1 aliphatic heterocycles. The summed E-state index contributed by atoms with van der Waals surface area (Å²) in [5.41, 5.74) is 1.31. The monoisotopic (exact) mass is 443 g/mol. The molecule has 0 saturated heterocycles. The minimum atomic E-state index is -4.47. The Labute approximate surface area is 179 Å². The van der Waals surface area contributed by atoms with E-state index in [0.717, 1.165) is 23.4 Å². The highest BCUT2D eigenvalue weighted by Crippen LogP contribution is 2.34. The lowest BCUT2D eigenvalue weighted by atomic mass is 10.1. The molecule has 2 aromatic carbocycles. The van der Waals surface area contributed by atoms with Crippen molar-refractivity contribution in [1.29, 1.82) is 0 Å². The van der Waals surface area contributed by atoms with Crippen LogP contribution in [0, 0.1) is 0 Å². The Hall–Kier alpha value is -3.73. The van der Waals surface area contributed by atoms with E-state index < -0.39 is 11.7 Å². The quantitative estimate of drug-likeness (QED) is 0.465. The Morgan fingerprint density at radius 2 is 1.97 bits per heavy atom. The molecule has 0 saturated carbocycles. The van der Waals surface area contributed by atoms with Gasteiger partial charge in [0.25, 0.3) is 5.89 Å². The van der Waals surface area contributed by atoms with Crippen LogP contribution in [0.2, 0.25) is 0 Å². The van der Waals surface area contributed by atoms with Gasteiger partial charge in [-0.2, -0.15) is 18.2 Å². The normalized spacial score (nSPS) is 16.1. The summed E-state index contributed by atoms with van der Waals surface area (Å²) >= 11 is 0. The average molecular weight is 443 g/mol. The number of rotatable bonds is 4. The molecule has 0 radical (unpaired) electrons. The highest BCUT2D eigenvalue weighted by molar-refractivity contribution is 5.59. The summed E-state index contributed by atoms with van der Waals surface area (Å²) in [7, 11) is 1.60. The van der Waals surface area contributed by atoms with Crippen LogP contribution >= 0.6 is 0 Å². The zero-order valence-electron chi connectivity index (χ0n) is 16.7. The lowest BCUT2D eigenvalue weighted by Gasteiger charge is -2.24. The highest BCUT2D eigenvalue weighted by Gasteiger charge is 2.31. The SMILES string of the molecule is COc1cccc([C@@H]2Cn3nnc(-c4nc(-c5cccc(C(F)(F)F)c5)no4)c3CO2)c1. The van der Waals surface area contributed by atoms with E-state index in [-0.39, 0.29) is 30.0 Å². The predicted molar refractivity (Wildman–Crippen MR) is 104 cm³/mol. The lowest BCUT2D eigenvalue weighted by Crippen LogP contribution is -2.22. The molecule has 2 aromatic heterocycles. The number of alkyl halides is 3. The van der Waals surface area contributed by atoms with Crippen molar-refractivity contribution in [2.75, 3.05) is 7.11 Å². The van der Waals surface area contributed by atoms with E-state index in [0.29, 0.717) is 17.9 Å². The van der Waals surface area contributed by atoms with Gasteiger partial charge in [0, 0.05) is 5.56 Å². The molecule has 32 heavy (non-hydrogen) atoms. The molecule has 0 aliphatic carbocycles. The van der Waals surface area contributed by atoms with E-state index in [9.17, 15) is 13.2 Å². The lowest BCUT2D eigenvalue weighted by molar-refractivity contribution is -0.137. The number of benzene rings is 2. The first-order chi connectivity index (χ1) is 15.4. The molecule has 3 heterocycles. The second kappa shape index (κ2) is 7.75. The van der Waals surface area contributed by atoms with Crippen LogP contribution in [0.15, 0.2) is 53.1 Å². The van der Waals surface area contributed by atoms with Gasteiger partial charge >= 0.3 is 6.18 Å². The van der Waals surface area contributed by atoms with E-state index in [4.69, 9.17) is 14.0 Å². The topological polar surface area (TPSA) is 88.1 Å². The van der Waals surface area contributed by atoms with Crippen LogP contribution in [0.5, 0.6) is 5.75 Å². The largest absolute Gasteiger partial charge is 0.497 e. The minimum absolute atomic E-state index is 0.0267. The standard InChI is InChI=1S/C21H16F3N5O3/c1-30-15-7-3-4-12(9-15)17-10-29-16(11-31-17)18(26-28-29)20-25-19(27-32-20)13-5-2-6-14(8-13)21(22,23)24/h2-9,17H,10-11H2,1H3/t17-/m0/s1. The fraction of sp³-hybridized carbons (Fsp3) is 0.238. The van der Waals surface area contributed by atoms with Crippen molar-refractivity contribution >= 4 is 0 Å². The van der Waals surface area contributed by atoms with Gasteiger partial charge in [0.2, 0.25) is 5.82 Å². The zero-order valence-corrected chi connectivity index (χ0v) is 16.7. The van der Waals surface area contributed by atoms with Crippen LogP contribution in [0.4, 0.5) is 13.2 Å². The van der Waals surface area contributed by atoms with Gasteiger partial charge in [-0.3, -0.25) is 0 Å². The molecule has 0 amide bonds. The fourth-order valence-electron chi connectivity index (χ4n) is 3.49. The fourth-order valence-corrected chi connectivity index (χ4v) is 3.49. The van der Waals surface area contributed by atoms with Gasteiger partial charge in [0.05, 0.1) is 31.5 Å². The zero-order chi connectivity index (χ0) is 22.3. The van der Waals surface area contributed by atoms with Gasteiger partial charge in [0.1, 0.15) is 11.9 Å². The molecule has 8 nitrogen and oxygen atoms in total. The number of hydrogen-bond donors (Lipinski definition) is 0. The Morgan fingerprint density at radius 3 is 2.78 bits per heavy atom. The van der Waals surface area contributed by atoms with Gasteiger partial charge in [-0.15, -0.1) is 5.10 Å². The smallest absolute Gasteiger partial charge is 0.416 e. The number of ether oxygens (including phenoxy) is 2. The van der Waals surface area contributed by atoms with Gasteiger partial charge in [-0.05, 0) is 29.8 Å². The molecule has 0 fully saturated rings. The van der Waals surface area contributed by atoms with Gasteiger partial charge in [-0.25, -0.2) is 4.68 Å². The van der Waals surface area contributed by atoms with Crippen LogP contribution in [-0.2, 0) is 24.1 Å². The number of nitrogens with zero attached hydrogens (tertiary/aromatic N) is 5. The van der Waals surface area contributed by atoms with E-state index in [1.54, 1.807) is 11.8 Å². The van der Waals surface area contributed by atoms with Crippen molar-refractivity contribution in [3.05, 3.63) is 65.4 Å².